The van der Waals surface area contributed by atoms with Crippen LogP contribution in [0.4, 0.5) is 0 Å². The van der Waals surface area contributed by atoms with E-state index in [-0.39, 0.29) is 0 Å². The number of halogens is 1. The molecular weight excluding hydrogens is 158 g/mol. The van der Waals surface area contributed by atoms with Crippen molar-refractivity contribution in [1.29, 1.82) is 0 Å². The Balaban J connectivity index is 0.000000114. The summed E-state index contributed by atoms with van der Waals surface area (Å²) in [6.07, 6.45) is 2.95. The first-order valence-corrected chi connectivity index (χ1v) is 5.07. The summed E-state index contributed by atoms with van der Waals surface area (Å²) in [4.78, 5) is 2.53. The summed E-state index contributed by atoms with van der Waals surface area (Å²) in [6.45, 7) is 6.99. The molecule has 2 atom stereocenters. The number of rotatable bonds is 1. The predicted molar refractivity (Wildman–Crippen MR) is 50.2 cm³/mol. The third-order valence-electron chi connectivity index (χ3n) is 2.12. The van der Waals surface area contributed by atoms with Gasteiger partial charge in [-0.2, -0.15) is 0 Å². The quantitative estimate of drug-likeness (QED) is 0.437. The maximum absolute atomic E-state index is 5.34. The largest absolute Gasteiger partial charge is 0.298 e. The lowest BCUT2D eigenvalue weighted by atomic mass is 10.3. The van der Waals surface area contributed by atoms with Crippen LogP contribution in [0, 0.1) is 5.92 Å². The fourth-order valence-corrected chi connectivity index (χ4v) is 1.30. The third kappa shape index (κ3) is 3.44. The molecule has 0 N–H and O–H groups in total. The van der Waals surface area contributed by atoms with Gasteiger partial charge in [-0.3, -0.25) is 4.90 Å². The van der Waals surface area contributed by atoms with Crippen LogP contribution in [0.3, 0.4) is 0 Å². The minimum absolute atomic E-state index is 0.650. The molecule has 0 aliphatic carbocycles. The van der Waals surface area contributed by atoms with Gasteiger partial charge in [-0.05, 0) is 25.3 Å². The van der Waals surface area contributed by atoms with Gasteiger partial charge in [-0.1, -0.05) is 13.8 Å². The van der Waals surface area contributed by atoms with E-state index < -0.39 is 0 Å². The Bertz CT molecular complexity index is 106. The second-order valence-electron chi connectivity index (χ2n) is 3.84. The van der Waals surface area contributed by atoms with Gasteiger partial charge in [-0.25, -0.2) is 0 Å². The van der Waals surface area contributed by atoms with Gasteiger partial charge in [0.15, 0.2) is 0 Å². The molecule has 0 radical (unpaired) electrons. The minimum Gasteiger partial charge on any atom is -0.298 e. The molecule has 0 aromatic rings. The zero-order valence-electron chi connectivity index (χ0n) is 7.52. The molecule has 0 bridgehead atoms. The van der Waals surface area contributed by atoms with Crippen molar-refractivity contribution in [1.82, 2.24) is 4.90 Å². The van der Waals surface area contributed by atoms with Crippen LogP contribution in [0.1, 0.15) is 26.7 Å². The first-order valence-electron chi connectivity index (χ1n) is 4.54. The van der Waals surface area contributed by atoms with Crippen LogP contribution in [0.15, 0.2) is 0 Å². The monoisotopic (exact) mass is 175 g/mol. The van der Waals surface area contributed by atoms with Crippen LogP contribution in [-0.4, -0.2) is 29.9 Å². The van der Waals surface area contributed by atoms with E-state index in [9.17, 15) is 0 Å². The smallest absolute Gasteiger partial charge is 0.0246 e. The molecule has 2 saturated heterocycles. The molecule has 2 aliphatic heterocycles. The zero-order valence-corrected chi connectivity index (χ0v) is 8.27. The molecule has 11 heavy (non-hydrogen) atoms. The van der Waals surface area contributed by atoms with Crippen molar-refractivity contribution in [3.05, 3.63) is 0 Å². The first kappa shape index (κ1) is 9.34. The van der Waals surface area contributed by atoms with Crippen LogP contribution in [0.5, 0.6) is 0 Å². The SMILES string of the molecule is C1CC2CN2C1.CC(C)CCl. The number of alkyl halides is 1. The number of fused-ring (bicyclic) bond motifs is 1. The Morgan fingerprint density at radius 2 is 2.18 bits per heavy atom. The third-order valence-corrected chi connectivity index (χ3v) is 2.74. The number of hydrogen-bond acceptors (Lipinski definition) is 1. The van der Waals surface area contributed by atoms with Crippen molar-refractivity contribution >= 4 is 11.6 Å². The molecule has 0 aromatic heterocycles. The van der Waals surface area contributed by atoms with Crippen molar-refractivity contribution in [3.8, 4) is 0 Å². The highest BCUT2D eigenvalue weighted by Gasteiger charge is 2.37. The molecule has 0 spiro atoms. The van der Waals surface area contributed by atoms with Crippen molar-refractivity contribution < 1.29 is 0 Å². The average molecular weight is 176 g/mol. The van der Waals surface area contributed by atoms with E-state index in [2.05, 4.69) is 18.7 Å². The summed E-state index contributed by atoms with van der Waals surface area (Å²) in [7, 11) is 0. The second-order valence-corrected chi connectivity index (χ2v) is 4.15. The van der Waals surface area contributed by atoms with Gasteiger partial charge < -0.3 is 0 Å². The molecule has 2 fully saturated rings. The van der Waals surface area contributed by atoms with Crippen LogP contribution >= 0.6 is 11.6 Å². The van der Waals surface area contributed by atoms with Gasteiger partial charge in [0, 0.05) is 18.5 Å². The summed E-state index contributed by atoms with van der Waals surface area (Å²) in [5.74, 6) is 1.43. The fourth-order valence-electron chi connectivity index (χ4n) is 1.30. The fraction of sp³-hybridized carbons (Fsp3) is 1.00. The van der Waals surface area contributed by atoms with Gasteiger partial charge in [0.1, 0.15) is 0 Å². The predicted octanol–water partition coefficient (Wildman–Crippen LogP) is 2.35. The normalized spacial score (nSPS) is 32.7. The highest BCUT2D eigenvalue weighted by molar-refractivity contribution is 6.17. The van der Waals surface area contributed by atoms with E-state index in [1.165, 1.54) is 25.9 Å². The Hall–Kier alpha value is 0.250. The zero-order chi connectivity index (χ0) is 8.27. The number of hydrogen-bond donors (Lipinski definition) is 0. The van der Waals surface area contributed by atoms with E-state index in [0.717, 1.165) is 11.9 Å². The van der Waals surface area contributed by atoms with Crippen molar-refractivity contribution in [2.45, 2.75) is 32.7 Å². The lowest BCUT2D eigenvalue weighted by molar-refractivity contribution is 0.593. The summed E-state index contributed by atoms with van der Waals surface area (Å²) in [5, 5.41) is 0. The molecule has 2 unspecified atom stereocenters. The van der Waals surface area contributed by atoms with Gasteiger partial charge in [0.25, 0.3) is 0 Å². The van der Waals surface area contributed by atoms with Crippen molar-refractivity contribution in [3.63, 3.8) is 0 Å². The molecule has 66 valence electrons. The topological polar surface area (TPSA) is 3.01 Å². The van der Waals surface area contributed by atoms with E-state index >= 15 is 0 Å². The maximum Gasteiger partial charge on any atom is 0.0246 e. The molecule has 0 aromatic carbocycles. The van der Waals surface area contributed by atoms with Gasteiger partial charge in [0.2, 0.25) is 0 Å². The molecule has 2 heteroatoms. The van der Waals surface area contributed by atoms with Crippen LogP contribution in [-0.2, 0) is 0 Å². The van der Waals surface area contributed by atoms with E-state index in [4.69, 9.17) is 11.6 Å². The second kappa shape index (κ2) is 4.32. The molecule has 0 saturated carbocycles. The van der Waals surface area contributed by atoms with E-state index in [1.807, 2.05) is 0 Å². The Kier molecular flexibility index (Phi) is 3.67. The number of nitrogens with zero attached hydrogens (tertiary/aromatic N) is 1. The van der Waals surface area contributed by atoms with Crippen molar-refractivity contribution in [2.24, 2.45) is 5.92 Å². The van der Waals surface area contributed by atoms with Gasteiger partial charge in [0.05, 0.1) is 0 Å². The Labute approximate surface area is 74.7 Å². The van der Waals surface area contributed by atoms with E-state index in [1.54, 1.807) is 0 Å². The molecule has 0 amide bonds. The first-order chi connectivity index (χ1) is 5.24. The Morgan fingerprint density at radius 3 is 2.27 bits per heavy atom. The van der Waals surface area contributed by atoms with Crippen LogP contribution < -0.4 is 0 Å². The molecule has 2 aliphatic rings. The summed E-state index contributed by atoms with van der Waals surface area (Å²) in [5.41, 5.74) is 0. The maximum atomic E-state index is 5.34. The van der Waals surface area contributed by atoms with Crippen LogP contribution in [0.2, 0.25) is 0 Å². The highest BCUT2D eigenvalue weighted by atomic mass is 35.5. The molecule has 2 heterocycles. The standard InChI is InChI=1S/C5H9N.C4H9Cl/c1-2-5-4-6(5)3-1;1-4(2)3-5/h5H,1-4H2;4H,3H2,1-2H3. The number of piperidine rings is 1. The molecule has 2 rings (SSSR count). The lowest BCUT2D eigenvalue weighted by Crippen LogP contribution is -1.90. The van der Waals surface area contributed by atoms with Gasteiger partial charge in [-0.15, -0.1) is 11.6 Å². The summed E-state index contributed by atoms with van der Waals surface area (Å²) in [6, 6.07) is 1.05. The summed E-state index contributed by atoms with van der Waals surface area (Å²) < 4.78 is 0. The molecule has 1 nitrogen and oxygen atoms in total. The lowest BCUT2D eigenvalue weighted by Gasteiger charge is -1.88. The summed E-state index contributed by atoms with van der Waals surface area (Å²) >= 11 is 5.34. The average Bonchev–Trinajstić information content (AvgIpc) is 2.61. The van der Waals surface area contributed by atoms with Crippen LogP contribution in [0.25, 0.3) is 0 Å². The Morgan fingerprint density at radius 1 is 1.55 bits per heavy atom. The molecular formula is C9H18ClN. The van der Waals surface area contributed by atoms with E-state index in [0.29, 0.717) is 5.92 Å². The highest BCUT2D eigenvalue weighted by Crippen LogP contribution is 2.28. The van der Waals surface area contributed by atoms with Gasteiger partial charge >= 0.3 is 0 Å². The minimum atomic E-state index is 0.650. The van der Waals surface area contributed by atoms with Crippen molar-refractivity contribution in [2.75, 3.05) is 19.0 Å².